The molecule has 0 N–H and O–H groups in total. The molecule has 2 amide bonds. The molecule has 0 spiro atoms. The third-order valence-corrected chi connectivity index (χ3v) is 8.34. The number of carbonyl (C=O) groups excluding carboxylic acids is 2. The first-order chi connectivity index (χ1) is 20.9. The standard InChI is InChI=1S/C34H36FN5O3/c1-23-17-25(19-26(35)18-23)28-20-36-29-12-13-30(39-14-6-7-15-39)37-32(29)31(28)33(41)38(2)21-27-11-8-16-40(27)34(42)43-22-24-9-4-3-5-10-24/h3-5,9-10,12-13,17-20,27H,6-8,11,14-16,21-22H2,1-2H3/t27-/m0/s1. The van der Waals surface area contributed by atoms with Crippen LogP contribution in [0.25, 0.3) is 22.2 Å². The summed E-state index contributed by atoms with van der Waals surface area (Å²) in [6.45, 7) is 4.75. The lowest BCUT2D eigenvalue weighted by atomic mass is 9.97. The lowest BCUT2D eigenvalue weighted by Gasteiger charge is -2.29. The molecular weight excluding hydrogens is 545 g/mol. The topological polar surface area (TPSA) is 78.9 Å². The molecule has 6 rings (SSSR count). The van der Waals surface area contributed by atoms with Crippen molar-refractivity contribution >= 4 is 28.9 Å². The quantitative estimate of drug-likeness (QED) is 0.258. The fourth-order valence-electron chi connectivity index (χ4n) is 6.16. The monoisotopic (exact) mass is 581 g/mol. The molecule has 9 heteroatoms. The van der Waals surface area contributed by atoms with Crippen molar-refractivity contribution in [2.24, 2.45) is 0 Å². The highest BCUT2D eigenvalue weighted by Crippen LogP contribution is 2.32. The zero-order chi connectivity index (χ0) is 29.9. The van der Waals surface area contributed by atoms with E-state index < -0.39 is 0 Å². The number of fused-ring (bicyclic) bond motifs is 1. The largest absolute Gasteiger partial charge is 0.445 e. The summed E-state index contributed by atoms with van der Waals surface area (Å²) in [7, 11) is 1.74. The van der Waals surface area contributed by atoms with Crippen LogP contribution in [-0.2, 0) is 11.3 Å². The minimum absolute atomic E-state index is 0.182. The van der Waals surface area contributed by atoms with Gasteiger partial charge in [-0.05, 0) is 73.6 Å². The van der Waals surface area contributed by atoms with E-state index in [4.69, 9.17) is 9.72 Å². The molecular formula is C34H36FN5O3. The van der Waals surface area contributed by atoms with Gasteiger partial charge in [0, 0.05) is 45.0 Å². The molecule has 2 aliphatic rings. The number of rotatable bonds is 7. The molecule has 2 aromatic carbocycles. The van der Waals surface area contributed by atoms with Gasteiger partial charge in [0.05, 0.1) is 17.1 Å². The maximum Gasteiger partial charge on any atom is 0.410 e. The van der Waals surface area contributed by atoms with Crippen molar-refractivity contribution < 1.29 is 18.7 Å². The second-order valence-electron chi connectivity index (χ2n) is 11.5. The van der Waals surface area contributed by atoms with Crippen LogP contribution in [0.3, 0.4) is 0 Å². The number of hydrogen-bond donors (Lipinski definition) is 0. The smallest absolute Gasteiger partial charge is 0.410 e. The van der Waals surface area contributed by atoms with Crippen LogP contribution < -0.4 is 4.90 Å². The summed E-state index contributed by atoms with van der Waals surface area (Å²) in [5.74, 6) is 0.176. The molecule has 0 aliphatic carbocycles. The molecule has 4 aromatic rings. The molecule has 0 unspecified atom stereocenters. The lowest BCUT2D eigenvalue weighted by Crippen LogP contribution is -2.44. The van der Waals surface area contributed by atoms with Gasteiger partial charge in [-0.2, -0.15) is 0 Å². The fraction of sp³-hybridized carbons (Fsp3) is 0.353. The summed E-state index contributed by atoms with van der Waals surface area (Å²) in [5.41, 5.74) is 4.25. The normalized spacial score (nSPS) is 16.6. The SMILES string of the molecule is Cc1cc(F)cc(-c2cnc3ccc(N4CCCC4)nc3c2C(=O)N(C)C[C@@H]2CCCN2C(=O)OCc2ccccc2)c1. The van der Waals surface area contributed by atoms with E-state index in [0.717, 1.165) is 55.7 Å². The molecule has 2 aliphatic heterocycles. The van der Waals surface area contributed by atoms with Gasteiger partial charge in [0.1, 0.15) is 23.8 Å². The Morgan fingerprint density at radius 3 is 2.58 bits per heavy atom. The molecule has 4 heterocycles. The molecule has 43 heavy (non-hydrogen) atoms. The van der Waals surface area contributed by atoms with Gasteiger partial charge < -0.3 is 19.4 Å². The Bertz CT molecular complexity index is 1620. The van der Waals surface area contributed by atoms with Crippen molar-refractivity contribution in [3.05, 3.63) is 89.4 Å². The molecule has 0 bridgehead atoms. The molecule has 8 nitrogen and oxygen atoms in total. The predicted molar refractivity (Wildman–Crippen MR) is 164 cm³/mol. The summed E-state index contributed by atoms with van der Waals surface area (Å²) < 4.78 is 20.2. The molecule has 2 aromatic heterocycles. The maximum atomic E-state index is 14.6. The van der Waals surface area contributed by atoms with Crippen molar-refractivity contribution in [1.29, 1.82) is 0 Å². The van der Waals surface area contributed by atoms with Crippen LogP contribution in [-0.4, -0.2) is 71.0 Å². The van der Waals surface area contributed by atoms with E-state index in [1.54, 1.807) is 23.0 Å². The summed E-state index contributed by atoms with van der Waals surface area (Å²) >= 11 is 0. The third-order valence-electron chi connectivity index (χ3n) is 8.34. The summed E-state index contributed by atoms with van der Waals surface area (Å²) in [6, 6.07) is 18.0. The van der Waals surface area contributed by atoms with Crippen molar-refractivity contribution in [3.63, 3.8) is 0 Å². The van der Waals surface area contributed by atoms with Crippen LogP contribution in [0.4, 0.5) is 15.0 Å². The van der Waals surface area contributed by atoms with Crippen molar-refractivity contribution in [1.82, 2.24) is 19.8 Å². The Hall–Kier alpha value is -4.53. The number of aromatic nitrogens is 2. The molecule has 0 radical (unpaired) electrons. The van der Waals surface area contributed by atoms with Gasteiger partial charge in [0.25, 0.3) is 5.91 Å². The zero-order valence-electron chi connectivity index (χ0n) is 24.6. The Labute approximate surface area is 251 Å². The van der Waals surface area contributed by atoms with E-state index in [2.05, 4.69) is 9.88 Å². The van der Waals surface area contributed by atoms with Gasteiger partial charge in [-0.15, -0.1) is 0 Å². The molecule has 0 saturated carbocycles. The summed E-state index contributed by atoms with van der Waals surface area (Å²) in [5, 5.41) is 0. The number of halogens is 1. The number of pyridine rings is 2. The van der Waals surface area contributed by atoms with Gasteiger partial charge in [0.15, 0.2) is 0 Å². The first-order valence-electron chi connectivity index (χ1n) is 14.9. The van der Waals surface area contributed by atoms with Gasteiger partial charge in [-0.25, -0.2) is 14.2 Å². The van der Waals surface area contributed by atoms with Crippen molar-refractivity contribution in [3.8, 4) is 11.1 Å². The van der Waals surface area contributed by atoms with E-state index in [1.807, 2.05) is 55.5 Å². The maximum absolute atomic E-state index is 14.6. The number of likely N-dealkylation sites (N-methyl/N-ethyl adjacent to an activating group) is 1. The number of benzene rings is 2. The van der Waals surface area contributed by atoms with Crippen molar-refractivity contribution in [2.45, 2.75) is 45.3 Å². The van der Waals surface area contributed by atoms with E-state index in [1.165, 1.54) is 12.1 Å². The van der Waals surface area contributed by atoms with Crippen LogP contribution in [0.2, 0.25) is 0 Å². The number of likely N-dealkylation sites (tertiary alicyclic amines) is 1. The van der Waals surface area contributed by atoms with E-state index in [9.17, 15) is 14.0 Å². The second kappa shape index (κ2) is 12.4. The highest BCUT2D eigenvalue weighted by molar-refractivity contribution is 6.10. The van der Waals surface area contributed by atoms with Crippen LogP contribution in [0, 0.1) is 12.7 Å². The van der Waals surface area contributed by atoms with Crippen LogP contribution in [0.15, 0.2) is 66.9 Å². The fourth-order valence-corrected chi connectivity index (χ4v) is 6.16. The zero-order valence-corrected chi connectivity index (χ0v) is 24.6. The third kappa shape index (κ3) is 6.16. The summed E-state index contributed by atoms with van der Waals surface area (Å²) in [4.78, 5) is 42.5. The van der Waals surface area contributed by atoms with Gasteiger partial charge in [-0.3, -0.25) is 9.78 Å². The van der Waals surface area contributed by atoms with Crippen molar-refractivity contribution in [2.75, 3.05) is 38.1 Å². The Kier molecular flexibility index (Phi) is 8.22. The minimum Gasteiger partial charge on any atom is -0.445 e. The number of carbonyl (C=O) groups is 2. The van der Waals surface area contributed by atoms with Crippen LogP contribution in [0.5, 0.6) is 0 Å². The molecule has 1 atom stereocenters. The van der Waals surface area contributed by atoms with E-state index in [-0.39, 0.29) is 30.5 Å². The number of aryl methyl sites for hydroxylation is 1. The van der Waals surface area contributed by atoms with Crippen LogP contribution in [0.1, 0.15) is 47.2 Å². The molecule has 2 fully saturated rings. The molecule has 2 saturated heterocycles. The number of nitrogens with zero attached hydrogens (tertiary/aromatic N) is 5. The number of amides is 2. The Balaban J connectivity index is 1.30. The summed E-state index contributed by atoms with van der Waals surface area (Å²) in [6.07, 6.45) is 5.05. The predicted octanol–water partition coefficient (Wildman–Crippen LogP) is 6.22. The van der Waals surface area contributed by atoms with Gasteiger partial charge >= 0.3 is 6.09 Å². The Morgan fingerprint density at radius 2 is 1.81 bits per heavy atom. The number of ether oxygens (including phenoxy) is 1. The first kappa shape index (κ1) is 28.6. The van der Waals surface area contributed by atoms with E-state index in [0.29, 0.717) is 40.8 Å². The van der Waals surface area contributed by atoms with Gasteiger partial charge in [0.2, 0.25) is 0 Å². The highest BCUT2D eigenvalue weighted by Gasteiger charge is 2.33. The first-order valence-corrected chi connectivity index (χ1v) is 14.9. The minimum atomic E-state index is -0.380. The number of anilines is 1. The second-order valence-corrected chi connectivity index (χ2v) is 11.5. The van der Waals surface area contributed by atoms with Gasteiger partial charge in [-0.1, -0.05) is 36.4 Å². The lowest BCUT2D eigenvalue weighted by molar-refractivity contribution is 0.0692. The highest BCUT2D eigenvalue weighted by atomic mass is 19.1. The van der Waals surface area contributed by atoms with E-state index >= 15 is 0 Å². The average Bonchev–Trinajstić information content (AvgIpc) is 3.72. The average molecular weight is 582 g/mol. The van der Waals surface area contributed by atoms with Crippen LogP contribution >= 0.6 is 0 Å². The number of hydrogen-bond acceptors (Lipinski definition) is 6. The molecule has 222 valence electrons. The Morgan fingerprint density at radius 1 is 1.02 bits per heavy atom.